The molecule has 1 fully saturated rings. The molecular formula is C11H18O4. The van der Waals surface area contributed by atoms with Crippen LogP contribution in [0.15, 0.2) is 12.2 Å². The molecule has 86 valence electrons. The maximum Gasteiger partial charge on any atom is 0.111 e. The lowest BCUT2D eigenvalue weighted by Gasteiger charge is -2.25. The third-order valence-electron chi connectivity index (χ3n) is 2.98. The van der Waals surface area contributed by atoms with Crippen molar-refractivity contribution in [3.8, 4) is 0 Å². The quantitative estimate of drug-likeness (QED) is 0.440. The zero-order valence-corrected chi connectivity index (χ0v) is 8.80. The molecule has 1 heterocycles. The maximum absolute atomic E-state index is 8.40. The van der Waals surface area contributed by atoms with E-state index in [0.29, 0.717) is 12.7 Å². The van der Waals surface area contributed by atoms with Gasteiger partial charge in [0.1, 0.15) is 12.7 Å². The van der Waals surface area contributed by atoms with Gasteiger partial charge >= 0.3 is 0 Å². The largest absolute Gasteiger partial charge is 0.373 e. The summed E-state index contributed by atoms with van der Waals surface area (Å²) >= 11 is 0. The normalized spacial score (nSPS) is 35.9. The fourth-order valence-electron chi connectivity index (χ4n) is 2.15. The van der Waals surface area contributed by atoms with Crippen molar-refractivity contribution in [3.05, 3.63) is 12.2 Å². The van der Waals surface area contributed by atoms with E-state index < -0.39 is 0 Å². The number of rotatable bonds is 4. The average Bonchev–Trinajstić information content (AvgIpc) is 2.68. The summed E-state index contributed by atoms with van der Waals surface area (Å²) in [5.74, 6) is 0. The molecule has 1 N–H and O–H groups in total. The van der Waals surface area contributed by atoms with Crippen molar-refractivity contribution in [3.63, 3.8) is 0 Å². The summed E-state index contributed by atoms with van der Waals surface area (Å²) in [4.78, 5) is 4.13. The number of ether oxygens (including phenoxy) is 2. The fourth-order valence-corrected chi connectivity index (χ4v) is 2.15. The minimum atomic E-state index is -0.110. The molecular weight excluding hydrogens is 196 g/mol. The predicted molar refractivity (Wildman–Crippen MR) is 54.6 cm³/mol. The van der Waals surface area contributed by atoms with Crippen LogP contribution >= 0.6 is 0 Å². The van der Waals surface area contributed by atoms with E-state index in [4.69, 9.17) is 14.7 Å². The standard InChI is InChI=1S/C11H18O4/c12-14-8-11-10(6-7-13-11)15-9-4-2-1-3-5-9/h1-2,9-12H,3-8H2/t9-,10?,11-/m1/s1. The Morgan fingerprint density at radius 2 is 2.27 bits per heavy atom. The molecule has 0 aromatic heterocycles. The lowest BCUT2D eigenvalue weighted by atomic mass is 10.0. The van der Waals surface area contributed by atoms with Gasteiger partial charge in [-0.15, -0.1) is 0 Å². The number of hydrogen-bond acceptors (Lipinski definition) is 4. The van der Waals surface area contributed by atoms with E-state index >= 15 is 0 Å². The summed E-state index contributed by atoms with van der Waals surface area (Å²) in [6.07, 6.45) is 8.70. The summed E-state index contributed by atoms with van der Waals surface area (Å²) in [5.41, 5.74) is 0. The van der Waals surface area contributed by atoms with Crippen LogP contribution in [0.4, 0.5) is 0 Å². The monoisotopic (exact) mass is 214 g/mol. The Kier molecular flexibility index (Phi) is 4.14. The number of allylic oxidation sites excluding steroid dienone is 1. The molecule has 1 aliphatic heterocycles. The highest BCUT2D eigenvalue weighted by molar-refractivity contribution is 4.91. The van der Waals surface area contributed by atoms with Gasteiger partial charge in [0.05, 0.1) is 12.2 Å². The van der Waals surface area contributed by atoms with Crippen LogP contribution in [0.3, 0.4) is 0 Å². The lowest BCUT2D eigenvalue weighted by Crippen LogP contribution is -2.32. The second-order valence-electron chi connectivity index (χ2n) is 4.07. The Hall–Kier alpha value is -0.420. The summed E-state index contributed by atoms with van der Waals surface area (Å²) in [6, 6.07) is 0. The van der Waals surface area contributed by atoms with Crippen LogP contribution in [0.2, 0.25) is 0 Å². The van der Waals surface area contributed by atoms with Gasteiger partial charge in [-0.25, -0.2) is 4.89 Å². The Labute approximate surface area is 89.8 Å². The predicted octanol–water partition coefficient (Wildman–Crippen LogP) is 1.76. The maximum atomic E-state index is 8.40. The second kappa shape index (κ2) is 5.61. The third kappa shape index (κ3) is 3.01. The molecule has 2 rings (SSSR count). The first kappa shape index (κ1) is 11.1. The van der Waals surface area contributed by atoms with E-state index in [9.17, 15) is 0 Å². The van der Waals surface area contributed by atoms with Crippen LogP contribution in [0.1, 0.15) is 25.7 Å². The van der Waals surface area contributed by atoms with E-state index in [-0.39, 0.29) is 18.8 Å². The van der Waals surface area contributed by atoms with Crippen molar-refractivity contribution in [1.29, 1.82) is 0 Å². The van der Waals surface area contributed by atoms with Gasteiger partial charge in [0.15, 0.2) is 0 Å². The Balaban J connectivity index is 1.79. The molecule has 2 aliphatic rings. The van der Waals surface area contributed by atoms with Crippen molar-refractivity contribution in [2.24, 2.45) is 0 Å². The molecule has 0 saturated carbocycles. The zero-order valence-electron chi connectivity index (χ0n) is 8.80. The van der Waals surface area contributed by atoms with Crippen LogP contribution in [0.5, 0.6) is 0 Å². The van der Waals surface area contributed by atoms with Crippen LogP contribution < -0.4 is 0 Å². The summed E-state index contributed by atoms with van der Waals surface area (Å²) in [5, 5.41) is 8.40. The lowest BCUT2D eigenvalue weighted by molar-refractivity contribution is -0.263. The molecule has 0 aromatic carbocycles. The van der Waals surface area contributed by atoms with Crippen molar-refractivity contribution in [2.45, 2.75) is 44.0 Å². The molecule has 1 saturated heterocycles. The minimum Gasteiger partial charge on any atom is -0.373 e. The highest BCUT2D eigenvalue weighted by Gasteiger charge is 2.31. The fraction of sp³-hybridized carbons (Fsp3) is 0.818. The first-order valence-corrected chi connectivity index (χ1v) is 5.58. The van der Waals surface area contributed by atoms with Gasteiger partial charge in [0.2, 0.25) is 0 Å². The van der Waals surface area contributed by atoms with Gasteiger partial charge in [0, 0.05) is 6.61 Å². The highest BCUT2D eigenvalue weighted by atomic mass is 17.1. The molecule has 0 amide bonds. The van der Waals surface area contributed by atoms with Crippen molar-refractivity contribution < 1.29 is 19.6 Å². The van der Waals surface area contributed by atoms with E-state index in [1.807, 2.05) is 0 Å². The van der Waals surface area contributed by atoms with Crippen LogP contribution in [0, 0.1) is 0 Å². The van der Waals surface area contributed by atoms with Crippen molar-refractivity contribution in [2.75, 3.05) is 13.2 Å². The molecule has 0 spiro atoms. The van der Waals surface area contributed by atoms with Crippen molar-refractivity contribution >= 4 is 0 Å². The third-order valence-corrected chi connectivity index (χ3v) is 2.98. The Bertz CT molecular complexity index is 217. The van der Waals surface area contributed by atoms with Gasteiger partial charge < -0.3 is 9.47 Å². The van der Waals surface area contributed by atoms with Gasteiger partial charge in [-0.2, -0.15) is 0 Å². The van der Waals surface area contributed by atoms with E-state index in [2.05, 4.69) is 17.0 Å². The molecule has 3 atom stereocenters. The average molecular weight is 214 g/mol. The zero-order chi connectivity index (χ0) is 10.5. The Morgan fingerprint density at radius 1 is 1.33 bits per heavy atom. The molecule has 15 heavy (non-hydrogen) atoms. The molecule has 4 heteroatoms. The summed E-state index contributed by atoms with van der Waals surface area (Å²) in [7, 11) is 0. The first-order valence-electron chi connectivity index (χ1n) is 5.58. The van der Waals surface area contributed by atoms with Gasteiger partial charge in [-0.1, -0.05) is 12.2 Å². The number of hydrogen-bond donors (Lipinski definition) is 1. The van der Waals surface area contributed by atoms with Gasteiger partial charge in [-0.3, -0.25) is 5.26 Å². The highest BCUT2D eigenvalue weighted by Crippen LogP contribution is 2.23. The van der Waals surface area contributed by atoms with Crippen LogP contribution in [0.25, 0.3) is 0 Å². The minimum absolute atomic E-state index is 0.0775. The van der Waals surface area contributed by atoms with Crippen molar-refractivity contribution in [1.82, 2.24) is 0 Å². The molecule has 1 unspecified atom stereocenters. The van der Waals surface area contributed by atoms with Gasteiger partial charge in [0.25, 0.3) is 0 Å². The van der Waals surface area contributed by atoms with Crippen LogP contribution in [-0.2, 0) is 14.4 Å². The molecule has 0 radical (unpaired) electrons. The SMILES string of the molecule is OOC[C@H]1OCCC1O[C@@H]1CC=CCC1. The molecule has 0 aromatic rings. The molecule has 4 nitrogen and oxygen atoms in total. The van der Waals surface area contributed by atoms with Gasteiger partial charge in [-0.05, 0) is 25.7 Å². The van der Waals surface area contributed by atoms with E-state index in [1.165, 1.54) is 0 Å². The molecule has 0 bridgehead atoms. The Morgan fingerprint density at radius 3 is 3.00 bits per heavy atom. The molecule has 1 aliphatic carbocycles. The summed E-state index contributed by atoms with van der Waals surface area (Å²) in [6.45, 7) is 0.897. The van der Waals surface area contributed by atoms with E-state index in [0.717, 1.165) is 25.7 Å². The summed E-state index contributed by atoms with van der Waals surface area (Å²) < 4.78 is 11.4. The second-order valence-corrected chi connectivity index (χ2v) is 4.07. The van der Waals surface area contributed by atoms with Crippen LogP contribution in [-0.4, -0.2) is 36.8 Å². The van der Waals surface area contributed by atoms with E-state index in [1.54, 1.807) is 0 Å². The smallest absolute Gasteiger partial charge is 0.111 e. The topological polar surface area (TPSA) is 47.9 Å². The first-order chi connectivity index (χ1) is 7.40.